The zero-order valence-electron chi connectivity index (χ0n) is 14.6. The van der Waals surface area contributed by atoms with E-state index in [0.717, 1.165) is 30.9 Å². The van der Waals surface area contributed by atoms with Gasteiger partial charge in [-0.3, -0.25) is 4.79 Å². The molecule has 1 saturated heterocycles. The zero-order chi connectivity index (χ0) is 17.4. The van der Waals surface area contributed by atoms with Gasteiger partial charge in [-0.25, -0.2) is 9.97 Å². The highest BCUT2D eigenvalue weighted by molar-refractivity contribution is 6.06. The fraction of sp³-hybridized carbons (Fsp3) is 0.421. The molecule has 1 aromatic carbocycles. The Morgan fingerprint density at radius 2 is 1.96 bits per heavy atom. The molecule has 2 aliphatic rings. The van der Waals surface area contributed by atoms with Gasteiger partial charge in [0.25, 0.3) is 5.91 Å². The summed E-state index contributed by atoms with van der Waals surface area (Å²) in [6.07, 6.45) is 0.877. The van der Waals surface area contributed by atoms with Crippen LogP contribution in [-0.2, 0) is 11.2 Å². The summed E-state index contributed by atoms with van der Waals surface area (Å²) < 4.78 is 5.39. The molecule has 1 unspecified atom stereocenters. The summed E-state index contributed by atoms with van der Waals surface area (Å²) in [4.78, 5) is 26.2. The summed E-state index contributed by atoms with van der Waals surface area (Å²) in [6.45, 7) is 6.81. The Labute approximate surface area is 147 Å². The molecule has 0 N–H and O–H groups in total. The third kappa shape index (κ3) is 2.98. The van der Waals surface area contributed by atoms with Gasteiger partial charge in [-0.1, -0.05) is 18.2 Å². The van der Waals surface area contributed by atoms with Crippen molar-refractivity contribution in [2.45, 2.75) is 26.3 Å². The summed E-state index contributed by atoms with van der Waals surface area (Å²) in [5.74, 6) is 0.559. The molecule has 25 heavy (non-hydrogen) atoms. The number of morpholine rings is 1. The lowest BCUT2D eigenvalue weighted by Gasteiger charge is -2.28. The van der Waals surface area contributed by atoms with Gasteiger partial charge in [0.05, 0.1) is 13.2 Å². The van der Waals surface area contributed by atoms with E-state index in [9.17, 15) is 4.79 Å². The molecule has 6 heteroatoms. The normalized spacial score (nSPS) is 19.8. The van der Waals surface area contributed by atoms with Crippen LogP contribution in [-0.4, -0.2) is 48.2 Å². The highest BCUT2D eigenvalue weighted by Crippen LogP contribution is 2.33. The minimum atomic E-state index is -0.0579. The topological polar surface area (TPSA) is 58.6 Å². The second-order valence-electron chi connectivity index (χ2n) is 6.65. The van der Waals surface area contributed by atoms with Crippen LogP contribution < -0.4 is 9.80 Å². The average Bonchev–Trinajstić information content (AvgIpc) is 2.97. The first-order valence-electron chi connectivity index (χ1n) is 8.73. The molecule has 6 nitrogen and oxygen atoms in total. The summed E-state index contributed by atoms with van der Waals surface area (Å²) >= 11 is 0. The van der Waals surface area contributed by atoms with E-state index < -0.39 is 0 Å². The van der Waals surface area contributed by atoms with Crippen molar-refractivity contribution in [2.75, 3.05) is 36.1 Å². The molecule has 0 spiro atoms. The van der Waals surface area contributed by atoms with Gasteiger partial charge in [0.2, 0.25) is 5.95 Å². The number of benzene rings is 1. The van der Waals surface area contributed by atoms with E-state index in [1.54, 1.807) is 6.07 Å². The van der Waals surface area contributed by atoms with E-state index in [1.807, 2.05) is 30.0 Å². The quantitative estimate of drug-likeness (QED) is 0.840. The lowest BCUT2D eigenvalue weighted by molar-refractivity contribution is 0.0976. The van der Waals surface area contributed by atoms with Gasteiger partial charge in [0.1, 0.15) is 5.69 Å². The number of hydrogen-bond donors (Lipinski definition) is 0. The SMILES string of the molecule is Cc1cc(C(=O)N2c3ccccc3CC2C)nc(N2CCOCC2)n1. The van der Waals surface area contributed by atoms with Crippen LogP contribution in [0.1, 0.15) is 28.7 Å². The van der Waals surface area contributed by atoms with Crippen molar-refractivity contribution in [2.24, 2.45) is 0 Å². The fourth-order valence-corrected chi connectivity index (χ4v) is 3.57. The number of anilines is 2. The number of aromatic nitrogens is 2. The Morgan fingerprint density at radius 3 is 2.76 bits per heavy atom. The standard InChI is InChI=1S/C19H22N4O2/c1-13-11-16(21-19(20-13)22-7-9-25-10-8-22)18(24)23-14(2)12-15-5-3-4-6-17(15)23/h3-6,11,14H,7-10,12H2,1-2H3. The number of amides is 1. The number of rotatable bonds is 2. The van der Waals surface area contributed by atoms with E-state index >= 15 is 0 Å². The van der Waals surface area contributed by atoms with Crippen molar-refractivity contribution in [3.8, 4) is 0 Å². The fourth-order valence-electron chi connectivity index (χ4n) is 3.57. The third-order valence-corrected chi connectivity index (χ3v) is 4.78. The number of ether oxygens (including phenoxy) is 1. The smallest absolute Gasteiger partial charge is 0.277 e. The Bertz CT molecular complexity index is 802. The van der Waals surface area contributed by atoms with Crippen LogP contribution in [0, 0.1) is 6.92 Å². The molecule has 0 bridgehead atoms. The Morgan fingerprint density at radius 1 is 1.20 bits per heavy atom. The lowest BCUT2D eigenvalue weighted by atomic mass is 10.1. The van der Waals surface area contributed by atoms with E-state index in [4.69, 9.17) is 4.74 Å². The van der Waals surface area contributed by atoms with Crippen molar-refractivity contribution in [1.29, 1.82) is 0 Å². The number of nitrogens with zero attached hydrogens (tertiary/aromatic N) is 4. The molecule has 1 aromatic heterocycles. The second-order valence-corrected chi connectivity index (χ2v) is 6.65. The summed E-state index contributed by atoms with van der Waals surface area (Å²) in [5.41, 5.74) is 3.46. The molecule has 1 amide bonds. The highest BCUT2D eigenvalue weighted by atomic mass is 16.5. The van der Waals surface area contributed by atoms with Crippen molar-refractivity contribution in [3.63, 3.8) is 0 Å². The van der Waals surface area contributed by atoms with E-state index in [2.05, 4.69) is 27.9 Å². The Hall–Kier alpha value is -2.47. The Balaban J connectivity index is 1.67. The molecule has 0 aliphatic carbocycles. The van der Waals surface area contributed by atoms with Gasteiger partial charge >= 0.3 is 0 Å². The van der Waals surface area contributed by atoms with Gasteiger partial charge in [-0.15, -0.1) is 0 Å². The zero-order valence-corrected chi connectivity index (χ0v) is 14.6. The monoisotopic (exact) mass is 338 g/mol. The second kappa shape index (κ2) is 6.44. The molecule has 1 atom stereocenters. The number of aryl methyl sites for hydroxylation is 1. The molecule has 2 aromatic rings. The van der Waals surface area contributed by atoms with Gasteiger partial charge < -0.3 is 14.5 Å². The van der Waals surface area contributed by atoms with Crippen LogP contribution in [0.5, 0.6) is 0 Å². The summed E-state index contributed by atoms with van der Waals surface area (Å²) in [7, 11) is 0. The van der Waals surface area contributed by atoms with Crippen LogP contribution in [0.2, 0.25) is 0 Å². The molecule has 4 rings (SSSR count). The average molecular weight is 338 g/mol. The van der Waals surface area contributed by atoms with Gasteiger partial charge in [-0.2, -0.15) is 0 Å². The molecule has 0 radical (unpaired) electrons. The lowest BCUT2D eigenvalue weighted by Crippen LogP contribution is -2.39. The summed E-state index contributed by atoms with van der Waals surface area (Å²) in [5, 5.41) is 0. The molecule has 130 valence electrons. The Kier molecular flexibility index (Phi) is 4.13. The first-order valence-corrected chi connectivity index (χ1v) is 8.73. The maximum atomic E-state index is 13.2. The largest absolute Gasteiger partial charge is 0.378 e. The maximum absolute atomic E-state index is 13.2. The van der Waals surface area contributed by atoms with Gasteiger partial charge in [0, 0.05) is 30.5 Å². The predicted octanol–water partition coefficient (Wildman–Crippen LogP) is 2.21. The van der Waals surface area contributed by atoms with Crippen molar-refractivity contribution >= 4 is 17.5 Å². The van der Waals surface area contributed by atoms with Crippen LogP contribution in [0.4, 0.5) is 11.6 Å². The van der Waals surface area contributed by atoms with Crippen molar-refractivity contribution in [3.05, 3.63) is 47.3 Å². The van der Waals surface area contributed by atoms with Crippen LogP contribution in [0.15, 0.2) is 30.3 Å². The maximum Gasteiger partial charge on any atom is 0.277 e. The van der Waals surface area contributed by atoms with Crippen LogP contribution in [0.3, 0.4) is 0 Å². The number of carbonyl (C=O) groups excluding carboxylic acids is 1. The minimum absolute atomic E-state index is 0.0579. The van der Waals surface area contributed by atoms with Crippen LogP contribution >= 0.6 is 0 Å². The van der Waals surface area contributed by atoms with Crippen LogP contribution in [0.25, 0.3) is 0 Å². The number of fused-ring (bicyclic) bond motifs is 1. The van der Waals surface area contributed by atoms with E-state index in [-0.39, 0.29) is 11.9 Å². The minimum Gasteiger partial charge on any atom is -0.378 e. The van der Waals surface area contributed by atoms with Gasteiger partial charge in [-0.05, 0) is 38.0 Å². The summed E-state index contributed by atoms with van der Waals surface area (Å²) in [6, 6.07) is 10.00. The van der Waals surface area contributed by atoms with E-state index in [0.29, 0.717) is 24.9 Å². The predicted molar refractivity (Wildman–Crippen MR) is 96.2 cm³/mol. The third-order valence-electron chi connectivity index (χ3n) is 4.78. The number of carbonyl (C=O) groups is 1. The van der Waals surface area contributed by atoms with Gasteiger partial charge in [0.15, 0.2) is 0 Å². The molecule has 1 fully saturated rings. The number of para-hydroxylation sites is 1. The first-order chi connectivity index (χ1) is 12.1. The van der Waals surface area contributed by atoms with E-state index in [1.165, 1.54) is 5.56 Å². The molecule has 3 heterocycles. The molecular formula is C19H22N4O2. The first kappa shape index (κ1) is 16.0. The van der Waals surface area contributed by atoms with Crippen molar-refractivity contribution in [1.82, 2.24) is 9.97 Å². The highest BCUT2D eigenvalue weighted by Gasteiger charge is 2.32. The number of hydrogen-bond acceptors (Lipinski definition) is 5. The molecule has 0 saturated carbocycles. The molecular weight excluding hydrogens is 316 g/mol. The molecule has 2 aliphatic heterocycles. The van der Waals surface area contributed by atoms with Crippen molar-refractivity contribution < 1.29 is 9.53 Å².